The molecule has 7 saturated carbocycles. The molecule has 9 rings (SSSR count). The molecule has 0 N–H and O–H groups in total. The Kier molecular flexibility index (Phi) is 13.2. The zero-order chi connectivity index (χ0) is 37.8. The maximum atomic E-state index is 6.54. The molecule has 0 saturated heterocycles. The van der Waals surface area contributed by atoms with E-state index in [1.54, 1.807) is 0 Å². The Labute approximate surface area is 339 Å². The normalized spacial score (nSPS) is 37.3. The first-order valence-corrected chi connectivity index (χ1v) is 24.8. The molecular weight excluding hydrogens is 693 g/mol. The molecule has 0 amide bonds. The van der Waals surface area contributed by atoms with Gasteiger partial charge in [-0.05, 0) is 166 Å². The van der Waals surface area contributed by atoms with Crippen LogP contribution in [0.15, 0.2) is 8.83 Å². The third-order valence-electron chi connectivity index (χ3n) is 17.1. The van der Waals surface area contributed by atoms with Crippen LogP contribution < -0.4 is 0 Å². The molecule has 0 bridgehead atoms. The molecule has 0 aromatic carbocycles. The van der Waals surface area contributed by atoms with E-state index >= 15 is 0 Å². The summed E-state index contributed by atoms with van der Waals surface area (Å²) in [7, 11) is 0. The van der Waals surface area contributed by atoms with Gasteiger partial charge in [-0.3, -0.25) is 9.80 Å². The molecule has 2 aromatic rings. The van der Waals surface area contributed by atoms with E-state index in [9.17, 15) is 0 Å². The lowest BCUT2D eigenvalue weighted by Gasteiger charge is -2.48. The van der Waals surface area contributed by atoms with E-state index in [0.29, 0.717) is 23.7 Å². The molecule has 0 atom stereocenters. The second kappa shape index (κ2) is 18.6. The van der Waals surface area contributed by atoms with Crippen LogP contribution >= 0.6 is 0 Å². The molecule has 56 heavy (non-hydrogen) atoms. The van der Waals surface area contributed by atoms with Crippen LogP contribution in [0.4, 0.5) is 0 Å². The Morgan fingerprint density at radius 1 is 0.304 bits per heavy atom. The average molecular weight is 771 g/mol. The van der Waals surface area contributed by atoms with Crippen molar-refractivity contribution in [2.45, 2.75) is 266 Å². The minimum absolute atomic E-state index is 0.358. The smallest absolute Gasteiger partial charge is 0.219 e. The van der Waals surface area contributed by atoms with Crippen molar-refractivity contribution in [1.82, 2.24) is 30.2 Å². The largest absolute Gasteiger partial charge is 0.425 e. The molecule has 2 heterocycles. The number of aromatic nitrogens is 4. The van der Waals surface area contributed by atoms with Gasteiger partial charge in [0, 0.05) is 59.9 Å². The summed E-state index contributed by atoms with van der Waals surface area (Å²) in [6.45, 7) is 4.93. The third-order valence-corrected chi connectivity index (χ3v) is 17.1. The fraction of sp³-hybridized carbons (Fsp3) is 0.917. The van der Waals surface area contributed by atoms with Crippen LogP contribution in [0.5, 0.6) is 0 Å². The van der Waals surface area contributed by atoms with Gasteiger partial charge in [0.05, 0.1) is 0 Å². The molecule has 2 aromatic heterocycles. The van der Waals surface area contributed by atoms with Crippen molar-refractivity contribution in [3.63, 3.8) is 0 Å². The van der Waals surface area contributed by atoms with Gasteiger partial charge in [-0.2, -0.15) is 0 Å². The van der Waals surface area contributed by atoms with E-state index in [4.69, 9.17) is 19.0 Å². The summed E-state index contributed by atoms with van der Waals surface area (Å²) in [6.07, 6.45) is 39.9. The van der Waals surface area contributed by atoms with E-state index in [1.807, 2.05) is 0 Å². The van der Waals surface area contributed by atoms with Crippen molar-refractivity contribution in [2.24, 2.45) is 11.8 Å². The Bertz CT molecular complexity index is 1350. The lowest BCUT2D eigenvalue weighted by molar-refractivity contribution is 0.0133. The van der Waals surface area contributed by atoms with Gasteiger partial charge in [0.1, 0.15) is 0 Å². The van der Waals surface area contributed by atoms with E-state index in [1.165, 1.54) is 167 Å². The van der Waals surface area contributed by atoms with Crippen LogP contribution in [-0.2, 0) is 0 Å². The number of rotatable bonds is 10. The molecule has 7 fully saturated rings. The molecule has 8 heteroatoms. The molecule has 7 aliphatic carbocycles. The fourth-order valence-electron chi connectivity index (χ4n) is 13.6. The first-order chi connectivity index (χ1) is 27.6. The Balaban J connectivity index is 0.747. The summed E-state index contributed by atoms with van der Waals surface area (Å²) in [4.78, 5) is 6.17. The fourth-order valence-corrected chi connectivity index (χ4v) is 13.6. The molecule has 312 valence electrons. The van der Waals surface area contributed by atoms with Gasteiger partial charge in [-0.15, -0.1) is 20.4 Å². The standard InChI is InChI=1S/C48H78N6O2/c1-33-13-25-41(26-14-33)53(39-9-5-3-6-10-39)43-29-21-37(22-30-43)47-51-49-45(55-47)35-17-19-36(20-18-35)46-50-52-48(56-46)38-23-31-44(32-24-38)54(40-11-7-4-8-12-40)42-27-15-34(2)16-28-42/h33-44H,3-32H2,1-2H3. The lowest BCUT2D eigenvalue weighted by Crippen LogP contribution is -2.52. The van der Waals surface area contributed by atoms with Gasteiger partial charge in [-0.1, -0.05) is 52.4 Å². The van der Waals surface area contributed by atoms with E-state index in [0.717, 1.165) is 97.3 Å². The second-order valence-corrected chi connectivity index (χ2v) is 20.8. The highest BCUT2D eigenvalue weighted by atomic mass is 16.4. The topological polar surface area (TPSA) is 84.3 Å². The Hall–Kier alpha value is -1.80. The molecule has 0 aliphatic heterocycles. The van der Waals surface area contributed by atoms with E-state index in [2.05, 4.69) is 33.8 Å². The maximum Gasteiger partial charge on any atom is 0.219 e. The minimum atomic E-state index is 0.358. The predicted molar refractivity (Wildman–Crippen MR) is 223 cm³/mol. The summed E-state index contributed by atoms with van der Waals surface area (Å²) in [5, 5.41) is 18.8. The van der Waals surface area contributed by atoms with Gasteiger partial charge in [0.15, 0.2) is 0 Å². The number of hydrogen-bond acceptors (Lipinski definition) is 8. The molecule has 0 unspecified atom stereocenters. The highest BCUT2D eigenvalue weighted by Crippen LogP contribution is 2.45. The molecule has 7 aliphatic rings. The van der Waals surface area contributed by atoms with Crippen molar-refractivity contribution >= 4 is 0 Å². The van der Waals surface area contributed by atoms with Crippen LogP contribution in [0.2, 0.25) is 0 Å². The first kappa shape index (κ1) is 39.6. The summed E-state index contributed by atoms with van der Waals surface area (Å²) < 4.78 is 13.1. The number of hydrogen-bond donors (Lipinski definition) is 0. The predicted octanol–water partition coefficient (Wildman–Crippen LogP) is 12.4. The zero-order valence-corrected chi connectivity index (χ0v) is 35.6. The average Bonchev–Trinajstić information content (AvgIpc) is 3.96. The summed E-state index contributed by atoms with van der Waals surface area (Å²) in [6, 6.07) is 4.78. The van der Waals surface area contributed by atoms with E-state index < -0.39 is 0 Å². The maximum absolute atomic E-state index is 6.54. The highest BCUT2D eigenvalue weighted by molar-refractivity contribution is 5.05. The first-order valence-electron chi connectivity index (χ1n) is 24.8. The van der Waals surface area contributed by atoms with Crippen molar-refractivity contribution < 1.29 is 8.83 Å². The van der Waals surface area contributed by atoms with Gasteiger partial charge in [0.25, 0.3) is 0 Å². The molecule has 8 nitrogen and oxygen atoms in total. The highest BCUT2D eigenvalue weighted by Gasteiger charge is 2.40. The van der Waals surface area contributed by atoms with Crippen molar-refractivity contribution in [2.75, 3.05) is 0 Å². The van der Waals surface area contributed by atoms with Crippen molar-refractivity contribution in [1.29, 1.82) is 0 Å². The zero-order valence-electron chi connectivity index (χ0n) is 35.6. The molecular formula is C48H78N6O2. The van der Waals surface area contributed by atoms with Gasteiger partial charge in [-0.25, -0.2) is 0 Å². The van der Waals surface area contributed by atoms with Crippen molar-refractivity contribution in [3.05, 3.63) is 23.6 Å². The third kappa shape index (κ3) is 9.16. The van der Waals surface area contributed by atoms with Crippen LogP contribution in [-0.4, -0.2) is 66.4 Å². The van der Waals surface area contributed by atoms with Crippen LogP contribution in [0.25, 0.3) is 0 Å². The Morgan fingerprint density at radius 3 is 0.821 bits per heavy atom. The summed E-state index contributed by atoms with van der Waals surface area (Å²) >= 11 is 0. The lowest BCUT2D eigenvalue weighted by atomic mass is 9.79. The summed E-state index contributed by atoms with van der Waals surface area (Å²) in [5.41, 5.74) is 0. The SMILES string of the molecule is CC1CCC(N(C2CCCCC2)C2CCC(c3nnc(C4CCC(c5nnc(C6CCC(N(C7CCCCC7)C7CCC(C)CC7)CC6)o5)CC4)o3)CC2)CC1. The molecule has 0 radical (unpaired) electrons. The summed E-state index contributed by atoms with van der Waals surface area (Å²) in [5.74, 6) is 7.02. The molecule has 0 spiro atoms. The minimum Gasteiger partial charge on any atom is -0.425 e. The van der Waals surface area contributed by atoms with Gasteiger partial charge < -0.3 is 8.83 Å². The van der Waals surface area contributed by atoms with E-state index in [-0.39, 0.29) is 0 Å². The van der Waals surface area contributed by atoms with Crippen LogP contribution in [0.3, 0.4) is 0 Å². The quantitative estimate of drug-likeness (QED) is 0.236. The van der Waals surface area contributed by atoms with Crippen LogP contribution in [0, 0.1) is 11.8 Å². The number of nitrogens with zero attached hydrogens (tertiary/aromatic N) is 6. The van der Waals surface area contributed by atoms with Crippen molar-refractivity contribution in [3.8, 4) is 0 Å². The monoisotopic (exact) mass is 771 g/mol. The Morgan fingerprint density at radius 2 is 0.536 bits per heavy atom. The van der Waals surface area contributed by atoms with Gasteiger partial charge in [0.2, 0.25) is 23.6 Å². The second-order valence-electron chi connectivity index (χ2n) is 20.8. The van der Waals surface area contributed by atoms with Gasteiger partial charge >= 0.3 is 0 Å². The van der Waals surface area contributed by atoms with Crippen LogP contribution in [0.1, 0.15) is 254 Å².